The Labute approximate surface area is 205 Å². The first kappa shape index (κ1) is 24.4. The predicted molar refractivity (Wildman–Crippen MR) is 138 cm³/mol. The van der Waals surface area contributed by atoms with Crippen LogP contribution >= 0.6 is 0 Å². The molecule has 0 atom stereocenters. The van der Waals surface area contributed by atoms with Gasteiger partial charge in [-0.3, -0.25) is 4.79 Å². The zero-order valence-corrected chi connectivity index (χ0v) is 20.9. The minimum Gasteiger partial charge on any atom is -0.465 e. The Balaban J connectivity index is 1.55. The number of hydrogen-bond donors (Lipinski definition) is 3. The molecule has 0 spiro atoms. The van der Waals surface area contributed by atoms with E-state index in [-0.39, 0.29) is 11.9 Å². The van der Waals surface area contributed by atoms with Crippen molar-refractivity contribution in [3.8, 4) is 11.1 Å². The molecule has 4 rings (SSSR count). The van der Waals surface area contributed by atoms with Crippen LogP contribution < -0.4 is 10.6 Å². The van der Waals surface area contributed by atoms with Gasteiger partial charge in [0, 0.05) is 35.8 Å². The summed E-state index contributed by atoms with van der Waals surface area (Å²) in [7, 11) is 0. The second-order valence-corrected chi connectivity index (χ2v) is 10.3. The van der Waals surface area contributed by atoms with Crippen molar-refractivity contribution in [2.45, 2.75) is 65.1 Å². The van der Waals surface area contributed by atoms with Crippen molar-refractivity contribution < 1.29 is 14.7 Å². The zero-order chi connectivity index (χ0) is 25.3. The fraction of sp³-hybridized carbons (Fsp3) is 0.407. The van der Waals surface area contributed by atoms with Crippen LogP contribution in [-0.2, 0) is 0 Å². The molecule has 3 N–H and O–H groups in total. The van der Waals surface area contributed by atoms with E-state index in [4.69, 9.17) is 0 Å². The monoisotopic (exact) mass is 475 g/mol. The van der Waals surface area contributed by atoms with Crippen molar-refractivity contribution in [3.05, 3.63) is 53.7 Å². The van der Waals surface area contributed by atoms with E-state index in [0.29, 0.717) is 24.1 Å². The predicted octanol–water partition coefficient (Wildman–Crippen LogP) is 5.08. The van der Waals surface area contributed by atoms with E-state index < -0.39 is 11.6 Å². The average molecular weight is 476 g/mol. The van der Waals surface area contributed by atoms with Crippen LogP contribution in [-0.4, -0.2) is 56.1 Å². The van der Waals surface area contributed by atoms with Crippen molar-refractivity contribution in [2.75, 3.05) is 11.9 Å². The number of amides is 2. The molecule has 184 valence electrons. The molecule has 8 nitrogen and oxygen atoms in total. The molecule has 35 heavy (non-hydrogen) atoms. The highest BCUT2D eigenvalue weighted by molar-refractivity contribution is 5.96. The summed E-state index contributed by atoms with van der Waals surface area (Å²) >= 11 is 0. The molecule has 1 aliphatic rings. The van der Waals surface area contributed by atoms with Crippen LogP contribution in [0.4, 0.5) is 10.7 Å². The first-order valence-electron chi connectivity index (χ1n) is 12.0. The number of fused-ring (bicyclic) bond motifs is 1. The second-order valence-electron chi connectivity index (χ2n) is 10.3. The summed E-state index contributed by atoms with van der Waals surface area (Å²) in [6.07, 6.45) is 2.92. The summed E-state index contributed by atoms with van der Waals surface area (Å²) in [6.45, 7) is 9.89. The van der Waals surface area contributed by atoms with Crippen LogP contribution in [0.3, 0.4) is 0 Å². The van der Waals surface area contributed by atoms with Gasteiger partial charge in [0.2, 0.25) is 5.95 Å². The number of aryl methyl sites for hydroxylation is 1. The topological polar surface area (TPSA) is 107 Å². The van der Waals surface area contributed by atoms with E-state index in [0.717, 1.165) is 40.4 Å². The van der Waals surface area contributed by atoms with Crippen LogP contribution in [0.5, 0.6) is 0 Å². The molecule has 1 heterocycles. The van der Waals surface area contributed by atoms with Gasteiger partial charge in [0.05, 0.1) is 11.1 Å². The minimum atomic E-state index is -0.953. The number of nitrogens with one attached hydrogen (secondary N) is 2. The molecule has 1 aliphatic carbocycles. The van der Waals surface area contributed by atoms with Crippen LogP contribution in [0.25, 0.3) is 22.0 Å². The lowest BCUT2D eigenvalue weighted by Gasteiger charge is -2.34. The molecule has 0 radical (unpaired) electrons. The molecule has 0 aliphatic heterocycles. The number of nitrogens with zero attached hydrogens (tertiary/aromatic N) is 3. The SMILES string of the molecule is Cc1ccc(C(=O)NC2CC2)cc1-c1ccc2nc(NC(C)(C)CN(C(=O)O)C(C)C)ncc2c1. The summed E-state index contributed by atoms with van der Waals surface area (Å²) in [4.78, 5) is 34.6. The highest BCUT2D eigenvalue weighted by atomic mass is 16.4. The van der Waals surface area contributed by atoms with Crippen molar-refractivity contribution >= 4 is 28.9 Å². The van der Waals surface area contributed by atoms with E-state index >= 15 is 0 Å². The van der Waals surface area contributed by atoms with Gasteiger partial charge in [0.25, 0.3) is 5.91 Å². The lowest BCUT2D eigenvalue weighted by Crippen LogP contribution is -2.49. The number of rotatable bonds is 8. The molecule has 1 aromatic heterocycles. The Morgan fingerprint density at radius 3 is 2.57 bits per heavy atom. The summed E-state index contributed by atoms with van der Waals surface area (Å²) in [5.74, 6) is 0.411. The number of carboxylic acid groups (broad SMARTS) is 1. The fourth-order valence-corrected chi connectivity index (χ4v) is 4.07. The van der Waals surface area contributed by atoms with Gasteiger partial charge in [-0.1, -0.05) is 12.1 Å². The van der Waals surface area contributed by atoms with Gasteiger partial charge in [0.1, 0.15) is 0 Å². The zero-order valence-electron chi connectivity index (χ0n) is 20.9. The molecule has 0 bridgehead atoms. The van der Waals surface area contributed by atoms with Gasteiger partial charge in [-0.15, -0.1) is 0 Å². The van der Waals surface area contributed by atoms with E-state index in [2.05, 4.69) is 20.6 Å². The van der Waals surface area contributed by atoms with E-state index in [1.807, 2.05) is 71.0 Å². The van der Waals surface area contributed by atoms with Crippen molar-refractivity contribution in [1.29, 1.82) is 0 Å². The van der Waals surface area contributed by atoms with Gasteiger partial charge in [-0.2, -0.15) is 0 Å². The summed E-state index contributed by atoms with van der Waals surface area (Å²) < 4.78 is 0. The Kier molecular flexibility index (Phi) is 6.65. The molecule has 1 saturated carbocycles. The quantitative estimate of drug-likeness (QED) is 0.420. The third-order valence-electron chi connectivity index (χ3n) is 6.19. The molecular formula is C27H33N5O3. The van der Waals surface area contributed by atoms with Crippen LogP contribution in [0.1, 0.15) is 56.5 Å². The highest BCUT2D eigenvalue weighted by Crippen LogP contribution is 2.29. The lowest BCUT2D eigenvalue weighted by molar-refractivity contribution is 0.0951. The molecule has 2 aromatic carbocycles. The van der Waals surface area contributed by atoms with Gasteiger partial charge < -0.3 is 20.6 Å². The summed E-state index contributed by atoms with van der Waals surface area (Å²) in [5.41, 5.74) is 3.96. The number of anilines is 1. The Hall–Kier alpha value is -3.68. The largest absolute Gasteiger partial charge is 0.465 e. The molecule has 3 aromatic rings. The van der Waals surface area contributed by atoms with E-state index in [1.165, 1.54) is 4.90 Å². The van der Waals surface area contributed by atoms with Gasteiger partial charge in [-0.05, 0) is 88.4 Å². The normalized spacial score (nSPS) is 13.7. The number of hydrogen-bond acceptors (Lipinski definition) is 5. The van der Waals surface area contributed by atoms with Gasteiger partial charge >= 0.3 is 6.09 Å². The van der Waals surface area contributed by atoms with Crippen LogP contribution in [0.2, 0.25) is 0 Å². The van der Waals surface area contributed by atoms with E-state index in [9.17, 15) is 14.7 Å². The first-order chi connectivity index (χ1) is 16.5. The number of carbonyl (C=O) groups excluding carboxylic acids is 1. The molecule has 0 saturated heterocycles. The lowest BCUT2D eigenvalue weighted by atomic mass is 9.97. The van der Waals surface area contributed by atoms with Crippen molar-refractivity contribution in [1.82, 2.24) is 20.2 Å². The molecule has 8 heteroatoms. The van der Waals surface area contributed by atoms with Crippen LogP contribution in [0, 0.1) is 6.92 Å². The number of benzene rings is 2. The average Bonchev–Trinajstić information content (AvgIpc) is 3.61. The Bertz CT molecular complexity index is 1270. The van der Waals surface area contributed by atoms with Gasteiger partial charge in [-0.25, -0.2) is 14.8 Å². The summed E-state index contributed by atoms with van der Waals surface area (Å²) in [6, 6.07) is 11.9. The molecular weight excluding hydrogens is 442 g/mol. The highest BCUT2D eigenvalue weighted by Gasteiger charge is 2.27. The maximum Gasteiger partial charge on any atom is 0.407 e. The number of carbonyl (C=O) groups is 2. The van der Waals surface area contributed by atoms with E-state index in [1.54, 1.807) is 6.20 Å². The standard InChI is InChI=1S/C27H33N5O3/c1-16(2)32(26(34)35)15-27(4,5)31-25-28-14-20-12-18(8-11-23(20)30-25)22-13-19(7-6-17(22)3)24(33)29-21-9-10-21/h6-8,11-14,16,21H,9-10,15H2,1-5H3,(H,29,33)(H,34,35)(H,28,30,31). The number of aromatic nitrogens is 2. The van der Waals surface area contributed by atoms with Gasteiger partial charge in [0.15, 0.2) is 0 Å². The molecule has 0 unspecified atom stereocenters. The minimum absolute atomic E-state index is 0.0323. The Morgan fingerprint density at radius 1 is 1.17 bits per heavy atom. The Morgan fingerprint density at radius 2 is 1.91 bits per heavy atom. The maximum absolute atomic E-state index is 12.5. The maximum atomic E-state index is 12.5. The van der Waals surface area contributed by atoms with Crippen LogP contribution in [0.15, 0.2) is 42.6 Å². The first-order valence-corrected chi connectivity index (χ1v) is 12.0. The van der Waals surface area contributed by atoms with Crippen molar-refractivity contribution in [3.63, 3.8) is 0 Å². The third-order valence-corrected chi connectivity index (χ3v) is 6.19. The summed E-state index contributed by atoms with van der Waals surface area (Å²) in [5, 5.41) is 16.7. The molecule has 2 amide bonds. The van der Waals surface area contributed by atoms with Crippen molar-refractivity contribution in [2.24, 2.45) is 0 Å². The molecule has 1 fully saturated rings. The smallest absolute Gasteiger partial charge is 0.407 e. The second kappa shape index (κ2) is 9.52. The fourth-order valence-electron chi connectivity index (χ4n) is 4.07. The third kappa shape index (κ3) is 5.88.